The van der Waals surface area contributed by atoms with Gasteiger partial charge >= 0.3 is 0 Å². The third-order valence-corrected chi connectivity index (χ3v) is 5.07. The number of hydrogen-bond donors (Lipinski definition) is 0. The summed E-state index contributed by atoms with van der Waals surface area (Å²) in [7, 11) is 2.04. The summed E-state index contributed by atoms with van der Waals surface area (Å²) in [5.74, 6) is 0.790. The van der Waals surface area contributed by atoms with Crippen LogP contribution >= 0.6 is 12.2 Å². The van der Waals surface area contributed by atoms with Crippen LogP contribution in [0.2, 0.25) is 0 Å². The van der Waals surface area contributed by atoms with Crippen LogP contribution < -0.4 is 0 Å². The zero-order chi connectivity index (χ0) is 20.9. The Morgan fingerprint density at radius 1 is 1.13 bits per heavy atom. The van der Waals surface area contributed by atoms with E-state index in [1.165, 1.54) is 0 Å². The average Bonchev–Trinajstić information content (AvgIpc) is 3.35. The van der Waals surface area contributed by atoms with Gasteiger partial charge < -0.3 is 0 Å². The van der Waals surface area contributed by atoms with Crippen molar-refractivity contribution in [2.24, 2.45) is 0 Å². The molecule has 0 bridgehead atoms. The number of allylic oxidation sites excluding steroid dienone is 1. The molecule has 0 aliphatic rings. The maximum atomic E-state index is 5.68. The highest BCUT2D eigenvalue weighted by molar-refractivity contribution is 7.71. The van der Waals surface area contributed by atoms with Crippen LogP contribution in [-0.4, -0.2) is 41.1 Å². The molecule has 0 radical (unpaired) electrons. The fourth-order valence-electron chi connectivity index (χ4n) is 3.29. The van der Waals surface area contributed by atoms with E-state index in [0.717, 1.165) is 29.2 Å². The van der Waals surface area contributed by atoms with Gasteiger partial charge in [0.15, 0.2) is 10.6 Å². The van der Waals surface area contributed by atoms with Crippen molar-refractivity contribution in [2.75, 3.05) is 7.05 Å². The Hall–Kier alpha value is -3.36. The lowest BCUT2D eigenvalue weighted by Crippen LogP contribution is -2.22. The van der Waals surface area contributed by atoms with Gasteiger partial charge in [-0.05, 0) is 43.5 Å². The van der Waals surface area contributed by atoms with Crippen LogP contribution in [0.1, 0.15) is 5.56 Å². The van der Waals surface area contributed by atoms with E-state index >= 15 is 0 Å². The quantitative estimate of drug-likeness (QED) is 0.321. The van der Waals surface area contributed by atoms with Gasteiger partial charge in [-0.15, -0.1) is 6.58 Å². The molecule has 0 N–H and O–H groups in total. The van der Waals surface area contributed by atoms with E-state index in [0.29, 0.717) is 18.0 Å². The Kier molecular flexibility index (Phi) is 5.97. The molecular formula is C22H23N7S. The maximum absolute atomic E-state index is 5.68. The number of nitrogens with zero attached hydrogens (tertiary/aromatic N) is 7. The molecule has 7 nitrogen and oxygen atoms in total. The summed E-state index contributed by atoms with van der Waals surface area (Å²) < 4.78 is 6.35. The van der Waals surface area contributed by atoms with Gasteiger partial charge in [-0.2, -0.15) is 10.2 Å². The summed E-state index contributed by atoms with van der Waals surface area (Å²) in [4.78, 5) is 6.36. The van der Waals surface area contributed by atoms with E-state index in [1.54, 1.807) is 12.4 Å². The van der Waals surface area contributed by atoms with Crippen molar-refractivity contribution in [1.29, 1.82) is 0 Å². The highest BCUT2D eigenvalue weighted by Gasteiger charge is 2.14. The predicted molar refractivity (Wildman–Crippen MR) is 120 cm³/mol. The van der Waals surface area contributed by atoms with Crippen LogP contribution in [0.5, 0.6) is 0 Å². The lowest BCUT2D eigenvalue weighted by Gasteiger charge is -2.15. The maximum Gasteiger partial charge on any atom is 0.199 e. The highest BCUT2D eigenvalue weighted by Crippen LogP contribution is 2.18. The largest absolute Gasteiger partial charge is 0.296 e. The second-order valence-electron chi connectivity index (χ2n) is 7.03. The number of pyridine rings is 1. The topological polar surface area (TPSA) is 56.7 Å². The summed E-state index contributed by atoms with van der Waals surface area (Å²) in [6.45, 7) is 5.73. The van der Waals surface area contributed by atoms with Crippen molar-refractivity contribution >= 4 is 12.2 Å². The van der Waals surface area contributed by atoms with Crippen LogP contribution in [0.25, 0.3) is 17.1 Å². The zero-order valence-corrected chi connectivity index (χ0v) is 17.6. The lowest BCUT2D eigenvalue weighted by atomic mass is 10.3. The first-order valence-electron chi connectivity index (χ1n) is 9.62. The van der Waals surface area contributed by atoms with Crippen molar-refractivity contribution in [3.63, 3.8) is 0 Å². The Labute approximate surface area is 180 Å². The molecule has 152 valence electrons. The smallest absolute Gasteiger partial charge is 0.199 e. The Bertz CT molecular complexity index is 1180. The molecule has 30 heavy (non-hydrogen) atoms. The van der Waals surface area contributed by atoms with Gasteiger partial charge in [0.25, 0.3) is 0 Å². The fraction of sp³-hybridized carbons (Fsp3) is 0.182. The lowest BCUT2D eigenvalue weighted by molar-refractivity contribution is 0.244. The molecule has 3 heterocycles. The second kappa shape index (κ2) is 8.98. The van der Waals surface area contributed by atoms with Crippen LogP contribution in [-0.2, 0) is 19.8 Å². The van der Waals surface area contributed by atoms with Crippen molar-refractivity contribution in [3.05, 3.63) is 90.2 Å². The molecule has 0 aliphatic carbocycles. The molecule has 3 aromatic heterocycles. The van der Waals surface area contributed by atoms with E-state index in [1.807, 2.05) is 81.9 Å². The molecule has 0 atom stereocenters. The van der Waals surface area contributed by atoms with Crippen molar-refractivity contribution in [2.45, 2.75) is 19.8 Å². The third-order valence-electron chi connectivity index (χ3n) is 4.64. The minimum Gasteiger partial charge on any atom is -0.296 e. The molecule has 8 heteroatoms. The summed E-state index contributed by atoms with van der Waals surface area (Å²) in [6.07, 6.45) is 9.30. The monoisotopic (exact) mass is 417 g/mol. The fourth-order valence-corrected chi connectivity index (χ4v) is 3.55. The van der Waals surface area contributed by atoms with Crippen LogP contribution in [0.3, 0.4) is 0 Å². The minimum absolute atomic E-state index is 0.562. The van der Waals surface area contributed by atoms with E-state index in [4.69, 9.17) is 17.3 Å². The summed E-state index contributed by atoms with van der Waals surface area (Å²) in [6, 6.07) is 13.9. The first kappa shape index (κ1) is 19.9. The molecule has 4 aromatic rings. The summed E-state index contributed by atoms with van der Waals surface area (Å²) >= 11 is 5.68. The molecule has 0 spiro atoms. The number of hydrogen-bond acceptors (Lipinski definition) is 5. The van der Waals surface area contributed by atoms with Crippen molar-refractivity contribution < 1.29 is 0 Å². The van der Waals surface area contributed by atoms with Gasteiger partial charge in [-0.1, -0.05) is 24.3 Å². The van der Waals surface area contributed by atoms with Crippen molar-refractivity contribution in [3.8, 4) is 17.1 Å². The normalized spacial score (nSPS) is 11.1. The minimum atomic E-state index is 0.562. The van der Waals surface area contributed by atoms with E-state index in [-0.39, 0.29) is 0 Å². The average molecular weight is 418 g/mol. The van der Waals surface area contributed by atoms with Crippen LogP contribution in [0.15, 0.2) is 79.9 Å². The molecular weight excluding hydrogens is 394 g/mol. The summed E-state index contributed by atoms with van der Waals surface area (Å²) in [5.41, 5.74) is 3.08. The van der Waals surface area contributed by atoms with Crippen LogP contribution in [0, 0.1) is 4.77 Å². The Morgan fingerprint density at radius 2 is 1.97 bits per heavy atom. The first-order chi connectivity index (χ1) is 14.7. The van der Waals surface area contributed by atoms with Crippen LogP contribution in [0.4, 0.5) is 0 Å². The van der Waals surface area contributed by atoms with E-state index < -0.39 is 0 Å². The predicted octanol–water partition coefficient (Wildman–Crippen LogP) is 3.94. The van der Waals surface area contributed by atoms with Gasteiger partial charge in [0.2, 0.25) is 0 Å². The van der Waals surface area contributed by atoms with Gasteiger partial charge in [-0.25, -0.2) is 9.36 Å². The highest BCUT2D eigenvalue weighted by atomic mass is 32.1. The first-order valence-corrected chi connectivity index (χ1v) is 10.0. The molecule has 0 saturated heterocycles. The van der Waals surface area contributed by atoms with E-state index in [2.05, 4.69) is 21.6 Å². The number of rotatable bonds is 8. The van der Waals surface area contributed by atoms with Gasteiger partial charge in [0.05, 0.1) is 18.6 Å². The van der Waals surface area contributed by atoms with E-state index in [9.17, 15) is 0 Å². The molecule has 4 rings (SSSR count). The third kappa shape index (κ3) is 4.29. The standard InChI is InChI=1S/C22H23N7S/c1-3-12-27-21(19-8-7-11-23-14-19)25-29(22(27)30)17-26(2)15-18-13-24-28(16-18)20-9-5-4-6-10-20/h3-11,13-14,16H,1,12,15,17H2,2H3. The Morgan fingerprint density at radius 3 is 2.70 bits per heavy atom. The molecule has 0 aliphatic heterocycles. The van der Waals surface area contributed by atoms with Gasteiger partial charge in [0.1, 0.15) is 0 Å². The molecule has 0 amide bonds. The summed E-state index contributed by atoms with van der Waals surface area (Å²) in [5, 5.41) is 9.23. The Balaban J connectivity index is 1.52. The number of benzene rings is 1. The van der Waals surface area contributed by atoms with Gasteiger partial charge in [-0.3, -0.25) is 14.5 Å². The molecule has 0 fully saturated rings. The SMILES string of the molecule is C=CCn1c(-c2cccnc2)nn(CN(C)Cc2cnn(-c3ccccc3)c2)c1=S. The van der Waals surface area contributed by atoms with Crippen molar-refractivity contribution in [1.82, 2.24) is 34.0 Å². The van der Waals surface area contributed by atoms with Gasteiger partial charge in [0, 0.05) is 42.8 Å². The number of para-hydroxylation sites is 1. The molecule has 1 aromatic carbocycles. The second-order valence-corrected chi connectivity index (χ2v) is 7.40. The zero-order valence-electron chi connectivity index (χ0n) is 16.8. The molecule has 0 saturated carbocycles. The molecule has 0 unspecified atom stereocenters. The number of aromatic nitrogens is 6.